The Hall–Kier alpha value is -1.85. The Balaban J connectivity index is 1.77. The van der Waals surface area contributed by atoms with Crippen molar-refractivity contribution in [3.8, 4) is 0 Å². The van der Waals surface area contributed by atoms with Crippen LogP contribution in [0.2, 0.25) is 5.02 Å². The number of halogens is 1. The molecule has 0 saturated heterocycles. The predicted molar refractivity (Wildman–Crippen MR) is 82.9 cm³/mol. The molecular formula is C16H16ClN3O2. The first-order valence-electron chi connectivity index (χ1n) is 7.39. The smallest absolute Gasteiger partial charge is 0.227 e. The molecule has 2 aliphatic rings. The molecule has 5 nitrogen and oxygen atoms in total. The molecule has 1 amide bonds. The van der Waals surface area contributed by atoms with Crippen LogP contribution in [0.25, 0.3) is 0 Å². The van der Waals surface area contributed by atoms with Gasteiger partial charge in [0.15, 0.2) is 0 Å². The Morgan fingerprint density at radius 3 is 2.73 bits per heavy atom. The number of hydrogen-bond donors (Lipinski definition) is 2. The van der Waals surface area contributed by atoms with Gasteiger partial charge in [-0.25, -0.2) is 4.68 Å². The molecule has 1 saturated carbocycles. The third kappa shape index (κ3) is 2.04. The summed E-state index contributed by atoms with van der Waals surface area (Å²) in [7, 11) is 0. The molecule has 0 atom stereocenters. The van der Waals surface area contributed by atoms with Crippen LogP contribution in [0.3, 0.4) is 0 Å². The fourth-order valence-electron chi connectivity index (χ4n) is 3.44. The first-order chi connectivity index (χ1) is 10.6. The molecule has 1 aromatic carbocycles. The van der Waals surface area contributed by atoms with Crippen LogP contribution in [-0.2, 0) is 16.8 Å². The maximum absolute atomic E-state index is 11.5. The lowest BCUT2D eigenvalue weighted by Gasteiger charge is -2.44. The number of aryl methyl sites for hydroxylation is 1. The number of aliphatic hydroxyl groups excluding tert-OH is 1. The molecule has 114 valence electrons. The minimum atomic E-state index is -0.316. The Kier molecular flexibility index (Phi) is 3.03. The van der Waals surface area contributed by atoms with Crippen LogP contribution in [0.15, 0.2) is 30.3 Å². The molecule has 4 rings (SSSR count). The predicted octanol–water partition coefficient (Wildman–Crippen LogP) is 2.32. The van der Waals surface area contributed by atoms with Crippen LogP contribution in [0, 0.1) is 0 Å². The summed E-state index contributed by atoms with van der Waals surface area (Å²) in [5, 5.41) is 18.1. The number of rotatable bonds is 2. The minimum absolute atomic E-state index is 0.0214. The zero-order valence-electron chi connectivity index (χ0n) is 11.9. The summed E-state index contributed by atoms with van der Waals surface area (Å²) in [6, 6.07) is 9.63. The maximum atomic E-state index is 11.5. The van der Waals surface area contributed by atoms with E-state index in [2.05, 4.69) is 10.4 Å². The van der Waals surface area contributed by atoms with Crippen LogP contribution in [-0.4, -0.2) is 26.9 Å². The van der Waals surface area contributed by atoms with Crippen molar-refractivity contribution in [2.24, 2.45) is 0 Å². The SMILES string of the molecule is O=C1CCn2nc(C3(c4ccc(Cl)cc4)CC(O)C3)cc2N1. The van der Waals surface area contributed by atoms with Gasteiger partial charge in [0, 0.05) is 22.9 Å². The number of aliphatic hydroxyl groups is 1. The number of hydrogen-bond acceptors (Lipinski definition) is 3. The Bertz CT molecular complexity index is 732. The van der Waals surface area contributed by atoms with Crippen LogP contribution < -0.4 is 5.32 Å². The highest BCUT2D eigenvalue weighted by Crippen LogP contribution is 2.49. The number of nitrogens with one attached hydrogen (secondary N) is 1. The van der Waals surface area contributed by atoms with Crippen molar-refractivity contribution < 1.29 is 9.90 Å². The van der Waals surface area contributed by atoms with Gasteiger partial charge in [0.2, 0.25) is 5.91 Å². The van der Waals surface area contributed by atoms with E-state index < -0.39 is 0 Å². The fourth-order valence-corrected chi connectivity index (χ4v) is 3.57. The van der Waals surface area contributed by atoms with Crippen LogP contribution in [0.1, 0.15) is 30.5 Å². The second kappa shape index (κ2) is 4.83. The summed E-state index contributed by atoms with van der Waals surface area (Å²) in [5.74, 6) is 0.758. The van der Waals surface area contributed by atoms with E-state index in [4.69, 9.17) is 11.6 Å². The van der Waals surface area contributed by atoms with Gasteiger partial charge in [-0.2, -0.15) is 5.10 Å². The molecule has 0 bridgehead atoms. The molecule has 2 aromatic rings. The molecule has 1 fully saturated rings. The van der Waals surface area contributed by atoms with E-state index in [-0.39, 0.29) is 17.4 Å². The topological polar surface area (TPSA) is 67.2 Å². The highest BCUT2D eigenvalue weighted by atomic mass is 35.5. The number of carbonyl (C=O) groups is 1. The van der Waals surface area contributed by atoms with E-state index in [0.717, 1.165) is 17.1 Å². The monoisotopic (exact) mass is 317 g/mol. The van der Waals surface area contributed by atoms with Crippen molar-refractivity contribution in [2.45, 2.75) is 37.3 Å². The number of benzene rings is 1. The second-order valence-electron chi connectivity index (χ2n) is 6.09. The Labute approximate surface area is 132 Å². The van der Waals surface area contributed by atoms with Gasteiger partial charge in [0.05, 0.1) is 18.3 Å². The van der Waals surface area contributed by atoms with Crippen molar-refractivity contribution in [3.05, 3.63) is 46.6 Å². The first kappa shape index (κ1) is 13.8. The van der Waals surface area contributed by atoms with Crippen LogP contribution in [0.5, 0.6) is 0 Å². The average molecular weight is 318 g/mol. The van der Waals surface area contributed by atoms with Crippen molar-refractivity contribution in [3.63, 3.8) is 0 Å². The number of carbonyl (C=O) groups excluding carboxylic acids is 1. The van der Waals surface area contributed by atoms with Gasteiger partial charge < -0.3 is 10.4 Å². The molecule has 0 unspecified atom stereocenters. The summed E-state index contributed by atoms with van der Waals surface area (Å²) in [6.45, 7) is 0.598. The molecule has 2 N–H and O–H groups in total. The zero-order valence-corrected chi connectivity index (χ0v) is 12.7. The number of amides is 1. The summed E-state index contributed by atoms with van der Waals surface area (Å²) in [6.07, 6.45) is 1.41. The largest absolute Gasteiger partial charge is 0.393 e. The lowest BCUT2D eigenvalue weighted by molar-refractivity contribution is -0.116. The van der Waals surface area contributed by atoms with Crippen LogP contribution >= 0.6 is 11.6 Å². The van der Waals surface area contributed by atoms with Gasteiger partial charge in [0.1, 0.15) is 5.82 Å². The van der Waals surface area contributed by atoms with Crippen molar-refractivity contribution in [1.82, 2.24) is 9.78 Å². The van der Waals surface area contributed by atoms with Crippen molar-refractivity contribution >= 4 is 23.3 Å². The van der Waals surface area contributed by atoms with Gasteiger partial charge in [0.25, 0.3) is 0 Å². The highest BCUT2D eigenvalue weighted by molar-refractivity contribution is 6.30. The quantitative estimate of drug-likeness (QED) is 0.893. The van der Waals surface area contributed by atoms with Gasteiger partial charge >= 0.3 is 0 Å². The summed E-state index contributed by atoms with van der Waals surface area (Å²) in [4.78, 5) is 11.5. The first-order valence-corrected chi connectivity index (χ1v) is 7.77. The fraction of sp³-hybridized carbons (Fsp3) is 0.375. The third-order valence-electron chi connectivity index (χ3n) is 4.65. The normalized spacial score (nSPS) is 27.0. The number of fused-ring (bicyclic) bond motifs is 1. The van der Waals surface area contributed by atoms with E-state index in [0.29, 0.717) is 30.8 Å². The molecule has 0 spiro atoms. The van der Waals surface area contributed by atoms with Crippen molar-refractivity contribution in [1.29, 1.82) is 0 Å². The molecule has 2 heterocycles. The Morgan fingerprint density at radius 2 is 2.05 bits per heavy atom. The lowest BCUT2D eigenvalue weighted by Crippen LogP contribution is -2.45. The summed E-state index contributed by atoms with van der Waals surface area (Å²) in [5.41, 5.74) is 1.71. The van der Waals surface area contributed by atoms with Gasteiger partial charge in [-0.1, -0.05) is 23.7 Å². The molecule has 1 aromatic heterocycles. The summed E-state index contributed by atoms with van der Waals surface area (Å²) < 4.78 is 1.83. The lowest BCUT2D eigenvalue weighted by atomic mass is 9.61. The average Bonchev–Trinajstić information content (AvgIpc) is 2.87. The second-order valence-corrected chi connectivity index (χ2v) is 6.52. The number of anilines is 1. The van der Waals surface area contributed by atoms with Crippen LogP contribution in [0.4, 0.5) is 5.82 Å². The minimum Gasteiger partial charge on any atom is -0.393 e. The number of nitrogens with zero attached hydrogens (tertiary/aromatic N) is 2. The maximum Gasteiger partial charge on any atom is 0.227 e. The standard InChI is InChI=1S/C16H16ClN3O2/c17-11-3-1-10(2-4-11)16(8-12(21)9-16)13-7-14-18-15(22)5-6-20(14)19-13/h1-4,7,12,21H,5-6,8-9H2,(H,18,22). The Morgan fingerprint density at radius 1 is 1.32 bits per heavy atom. The summed E-state index contributed by atoms with van der Waals surface area (Å²) >= 11 is 5.98. The molecule has 6 heteroatoms. The molecule has 1 aliphatic heterocycles. The molecule has 22 heavy (non-hydrogen) atoms. The third-order valence-corrected chi connectivity index (χ3v) is 4.91. The molecule has 0 radical (unpaired) electrons. The number of aromatic nitrogens is 2. The molecule has 1 aliphatic carbocycles. The van der Waals surface area contributed by atoms with E-state index >= 15 is 0 Å². The molecular weight excluding hydrogens is 302 g/mol. The van der Waals surface area contributed by atoms with Gasteiger partial charge in [-0.15, -0.1) is 0 Å². The van der Waals surface area contributed by atoms with Gasteiger partial charge in [-0.3, -0.25) is 4.79 Å². The van der Waals surface area contributed by atoms with E-state index in [9.17, 15) is 9.90 Å². The zero-order chi connectivity index (χ0) is 15.3. The van der Waals surface area contributed by atoms with E-state index in [1.165, 1.54) is 0 Å². The van der Waals surface area contributed by atoms with Crippen molar-refractivity contribution in [2.75, 3.05) is 5.32 Å². The van der Waals surface area contributed by atoms with Gasteiger partial charge in [-0.05, 0) is 30.5 Å². The van der Waals surface area contributed by atoms with E-state index in [1.807, 2.05) is 35.0 Å². The highest BCUT2D eigenvalue weighted by Gasteiger charge is 2.48. The van der Waals surface area contributed by atoms with E-state index in [1.54, 1.807) is 0 Å².